The van der Waals surface area contributed by atoms with Crippen LogP contribution in [0.2, 0.25) is 5.02 Å². The fourth-order valence-corrected chi connectivity index (χ4v) is 3.32. The average molecular weight is 399 g/mol. The minimum Gasteiger partial charge on any atom is -0.392 e. The van der Waals surface area contributed by atoms with E-state index in [4.69, 9.17) is 16.4 Å². The Kier molecular flexibility index (Phi) is 6.04. The number of halogens is 1. The number of anilines is 1. The highest BCUT2D eigenvalue weighted by atomic mass is 35.5. The first-order chi connectivity index (χ1) is 12.1. The first-order valence-corrected chi connectivity index (χ1v) is 9.89. The Morgan fingerprint density at radius 1 is 1.35 bits per heavy atom. The molecule has 0 unspecified atom stereocenters. The van der Waals surface area contributed by atoms with Crippen LogP contribution in [0.25, 0.3) is 0 Å². The Bertz CT molecular complexity index is 951. The summed E-state index contributed by atoms with van der Waals surface area (Å²) in [7, 11) is -1.77. The summed E-state index contributed by atoms with van der Waals surface area (Å²) in [5.41, 5.74) is 0.266. The van der Waals surface area contributed by atoms with Gasteiger partial charge in [0.25, 0.3) is 5.91 Å². The van der Waals surface area contributed by atoms with Crippen molar-refractivity contribution in [3.05, 3.63) is 41.0 Å². The lowest BCUT2D eigenvalue weighted by molar-refractivity contribution is -0.110. The maximum atomic E-state index is 12.6. The van der Waals surface area contributed by atoms with Gasteiger partial charge in [0.15, 0.2) is 21.4 Å². The molecule has 1 N–H and O–H groups in total. The van der Waals surface area contributed by atoms with Crippen LogP contribution in [0.4, 0.5) is 5.82 Å². The Morgan fingerprint density at radius 2 is 2.04 bits per heavy atom. The van der Waals surface area contributed by atoms with Crippen LogP contribution in [-0.4, -0.2) is 42.2 Å². The molecule has 0 fully saturated rings. The van der Waals surface area contributed by atoms with E-state index in [9.17, 15) is 13.2 Å². The molecule has 0 aliphatic carbocycles. The number of nitrogens with one attached hydrogen (secondary N) is 1. The summed E-state index contributed by atoms with van der Waals surface area (Å²) in [6.07, 6.45) is 2.48. The van der Waals surface area contributed by atoms with Gasteiger partial charge < -0.3 is 10.2 Å². The number of aromatic nitrogens is 2. The molecule has 0 aliphatic rings. The number of nitrogens with zero attached hydrogens (tertiary/aromatic N) is 3. The Hall–Kier alpha value is -2.39. The highest BCUT2D eigenvalue weighted by Crippen LogP contribution is 2.23. The first-order valence-electron chi connectivity index (χ1n) is 7.62. The van der Waals surface area contributed by atoms with Gasteiger partial charge in [0, 0.05) is 31.1 Å². The zero-order valence-corrected chi connectivity index (χ0v) is 16.3. The average Bonchev–Trinajstić information content (AvgIpc) is 2.91. The van der Waals surface area contributed by atoms with E-state index in [1.54, 1.807) is 33.2 Å². The van der Waals surface area contributed by atoms with Crippen molar-refractivity contribution in [3.8, 4) is 0 Å². The zero-order valence-electron chi connectivity index (χ0n) is 14.7. The molecular weight excluding hydrogens is 380 g/mol. The second kappa shape index (κ2) is 7.88. The molecule has 2 aromatic rings. The predicted molar refractivity (Wildman–Crippen MR) is 99.2 cm³/mol. The molecule has 1 heterocycles. The molecule has 10 heteroatoms. The van der Waals surface area contributed by atoms with Crippen molar-refractivity contribution in [1.29, 1.82) is 0 Å². The third-order valence-corrected chi connectivity index (χ3v) is 4.71. The molecule has 0 aliphatic heterocycles. The predicted octanol–water partition coefficient (Wildman–Crippen LogP) is 2.24. The van der Waals surface area contributed by atoms with Gasteiger partial charge >= 0.3 is 0 Å². The lowest BCUT2D eigenvalue weighted by Crippen LogP contribution is -2.25. The standard InChI is InChI=1S/C16H19ClN4O4S/c1-10(2)25-20-15(16(22)18-14-7-8-21(3)19-14)11-5-6-13(12(17)9-11)26(4,23)24/h5-10H,1-4H3,(H,18,19,22). The lowest BCUT2D eigenvalue weighted by Gasteiger charge is -2.10. The number of oxime groups is 1. The lowest BCUT2D eigenvalue weighted by atomic mass is 10.1. The molecule has 8 nitrogen and oxygen atoms in total. The maximum Gasteiger partial charge on any atom is 0.279 e. The largest absolute Gasteiger partial charge is 0.392 e. The van der Waals surface area contributed by atoms with Crippen LogP contribution in [0.3, 0.4) is 0 Å². The Labute approximate surface area is 156 Å². The molecule has 1 aromatic carbocycles. The Morgan fingerprint density at radius 3 is 2.54 bits per heavy atom. The van der Waals surface area contributed by atoms with Crippen LogP contribution in [0, 0.1) is 0 Å². The van der Waals surface area contributed by atoms with Gasteiger partial charge in [-0.05, 0) is 26.0 Å². The van der Waals surface area contributed by atoms with Crippen LogP contribution < -0.4 is 5.32 Å². The second-order valence-corrected chi connectivity index (χ2v) is 8.23. The monoisotopic (exact) mass is 398 g/mol. The van der Waals surface area contributed by atoms with Gasteiger partial charge in [-0.15, -0.1) is 0 Å². The zero-order chi connectivity index (χ0) is 19.5. The number of amides is 1. The van der Waals surface area contributed by atoms with E-state index in [0.29, 0.717) is 11.4 Å². The summed E-state index contributed by atoms with van der Waals surface area (Å²) in [5, 5.41) is 10.6. The molecule has 26 heavy (non-hydrogen) atoms. The second-order valence-electron chi connectivity index (χ2n) is 5.84. The van der Waals surface area contributed by atoms with E-state index in [-0.39, 0.29) is 21.7 Å². The van der Waals surface area contributed by atoms with Crippen molar-refractivity contribution in [2.75, 3.05) is 11.6 Å². The van der Waals surface area contributed by atoms with Gasteiger partial charge in [-0.1, -0.05) is 22.8 Å². The number of benzene rings is 1. The summed E-state index contributed by atoms with van der Waals surface area (Å²) >= 11 is 6.07. The highest BCUT2D eigenvalue weighted by Gasteiger charge is 2.20. The van der Waals surface area contributed by atoms with Gasteiger partial charge in [-0.3, -0.25) is 9.48 Å². The number of rotatable bonds is 6. The van der Waals surface area contributed by atoms with Crippen molar-refractivity contribution < 1.29 is 18.0 Å². The molecule has 0 saturated carbocycles. The van der Waals surface area contributed by atoms with E-state index in [1.165, 1.54) is 22.9 Å². The van der Waals surface area contributed by atoms with E-state index < -0.39 is 15.7 Å². The van der Waals surface area contributed by atoms with Crippen molar-refractivity contribution in [3.63, 3.8) is 0 Å². The van der Waals surface area contributed by atoms with Crippen molar-refractivity contribution in [2.24, 2.45) is 12.2 Å². The molecule has 0 saturated heterocycles. The minimum atomic E-state index is -3.48. The van der Waals surface area contributed by atoms with E-state index in [0.717, 1.165) is 6.26 Å². The van der Waals surface area contributed by atoms with E-state index >= 15 is 0 Å². The van der Waals surface area contributed by atoms with Crippen molar-refractivity contribution >= 4 is 38.9 Å². The number of aryl methyl sites for hydroxylation is 1. The number of hydrogen-bond acceptors (Lipinski definition) is 6. The number of hydrogen-bond donors (Lipinski definition) is 1. The number of sulfone groups is 1. The molecular formula is C16H19ClN4O4S. The Balaban J connectivity index is 2.40. The summed E-state index contributed by atoms with van der Waals surface area (Å²) < 4.78 is 24.9. The van der Waals surface area contributed by atoms with Gasteiger partial charge in [0.1, 0.15) is 6.10 Å². The molecule has 1 amide bonds. The molecule has 0 radical (unpaired) electrons. The molecule has 0 bridgehead atoms. The maximum absolute atomic E-state index is 12.6. The van der Waals surface area contributed by atoms with E-state index in [2.05, 4.69) is 15.6 Å². The van der Waals surface area contributed by atoms with Crippen LogP contribution in [-0.2, 0) is 26.5 Å². The van der Waals surface area contributed by atoms with Crippen molar-refractivity contribution in [2.45, 2.75) is 24.8 Å². The normalized spacial score (nSPS) is 12.3. The fraction of sp³-hybridized carbons (Fsp3) is 0.312. The first kappa shape index (κ1) is 19.9. The van der Waals surface area contributed by atoms with Gasteiger partial charge in [-0.2, -0.15) is 5.10 Å². The summed E-state index contributed by atoms with van der Waals surface area (Å²) in [4.78, 5) is 17.8. The molecule has 0 spiro atoms. The number of carbonyl (C=O) groups is 1. The van der Waals surface area contributed by atoms with Crippen LogP contribution in [0.5, 0.6) is 0 Å². The van der Waals surface area contributed by atoms with Crippen LogP contribution in [0.15, 0.2) is 40.5 Å². The summed E-state index contributed by atoms with van der Waals surface area (Å²) in [6.45, 7) is 3.52. The van der Waals surface area contributed by atoms with Crippen LogP contribution in [0.1, 0.15) is 19.4 Å². The third kappa shape index (κ3) is 5.06. The summed E-state index contributed by atoms with van der Waals surface area (Å²) in [5.74, 6) is -0.221. The van der Waals surface area contributed by atoms with Gasteiger partial charge in [-0.25, -0.2) is 8.42 Å². The van der Waals surface area contributed by atoms with E-state index in [1.807, 2.05) is 0 Å². The highest BCUT2D eigenvalue weighted by molar-refractivity contribution is 7.90. The van der Waals surface area contributed by atoms with Gasteiger partial charge in [0.05, 0.1) is 9.92 Å². The SMILES string of the molecule is CC(C)ON=C(C(=O)Nc1ccn(C)n1)c1ccc(S(C)(=O)=O)c(Cl)c1. The molecule has 1 aromatic heterocycles. The smallest absolute Gasteiger partial charge is 0.279 e. The fourth-order valence-electron chi connectivity index (χ4n) is 1.99. The van der Waals surface area contributed by atoms with Crippen molar-refractivity contribution in [1.82, 2.24) is 9.78 Å². The molecule has 140 valence electrons. The molecule has 2 rings (SSSR count). The van der Waals surface area contributed by atoms with Gasteiger partial charge in [0.2, 0.25) is 0 Å². The third-order valence-electron chi connectivity index (χ3n) is 3.13. The number of carbonyl (C=O) groups excluding carboxylic acids is 1. The van der Waals surface area contributed by atoms with Crippen LogP contribution >= 0.6 is 11.6 Å². The minimum absolute atomic E-state index is 0.00659. The topological polar surface area (TPSA) is 103 Å². The summed E-state index contributed by atoms with van der Waals surface area (Å²) in [6, 6.07) is 5.76. The quantitative estimate of drug-likeness (QED) is 0.593. The molecule has 0 atom stereocenters.